The van der Waals surface area contributed by atoms with Crippen molar-refractivity contribution >= 4 is 22.5 Å². The van der Waals surface area contributed by atoms with Crippen molar-refractivity contribution in [2.75, 3.05) is 5.32 Å². The zero-order valence-corrected chi connectivity index (χ0v) is 20.5. The number of aromatic hydroxyl groups is 1. The number of nitrogens with zero attached hydrogens (tertiary/aromatic N) is 4. The highest BCUT2D eigenvalue weighted by Gasteiger charge is 2.39. The molecular formula is C29H20F3N5O2. The fourth-order valence-electron chi connectivity index (χ4n) is 4.25. The zero-order chi connectivity index (χ0) is 27.7. The van der Waals surface area contributed by atoms with E-state index in [-0.39, 0.29) is 28.9 Å². The lowest BCUT2D eigenvalue weighted by Crippen LogP contribution is -2.17. The number of hydrogen-bond donors (Lipinski definition) is 2. The number of anilines is 1. The fourth-order valence-corrected chi connectivity index (χ4v) is 4.25. The predicted octanol–water partition coefficient (Wildman–Crippen LogP) is 6.30. The molecule has 0 saturated heterocycles. The quantitative estimate of drug-likeness (QED) is 0.279. The number of benzene rings is 3. The molecule has 7 nitrogen and oxygen atoms in total. The number of pyridine rings is 1. The van der Waals surface area contributed by atoms with E-state index in [2.05, 4.69) is 15.4 Å². The van der Waals surface area contributed by atoms with E-state index in [1.165, 1.54) is 31.2 Å². The summed E-state index contributed by atoms with van der Waals surface area (Å²) in [6.45, 7) is 1.44. The van der Waals surface area contributed by atoms with E-state index < -0.39 is 23.5 Å². The van der Waals surface area contributed by atoms with Crippen LogP contribution in [-0.4, -0.2) is 25.8 Å². The fraction of sp³-hybridized carbons (Fsp3) is 0.103. The number of rotatable bonds is 5. The highest BCUT2D eigenvalue weighted by molar-refractivity contribution is 6.13. The lowest BCUT2D eigenvalue weighted by molar-refractivity contribution is -0.140. The molecule has 0 spiro atoms. The van der Waals surface area contributed by atoms with Gasteiger partial charge in [0.25, 0.3) is 5.91 Å². The van der Waals surface area contributed by atoms with Gasteiger partial charge in [0.2, 0.25) is 0 Å². The molecule has 10 heteroatoms. The minimum atomic E-state index is -4.84. The van der Waals surface area contributed by atoms with Crippen LogP contribution < -0.4 is 5.32 Å². The van der Waals surface area contributed by atoms with Gasteiger partial charge in [-0.25, -0.2) is 4.98 Å². The number of amides is 1. The summed E-state index contributed by atoms with van der Waals surface area (Å²) in [6.07, 6.45) is -4.84. The Bertz CT molecular complexity index is 1740. The number of fused-ring (bicyclic) bond motifs is 1. The van der Waals surface area contributed by atoms with E-state index in [0.717, 1.165) is 4.68 Å². The Morgan fingerprint density at radius 3 is 2.44 bits per heavy atom. The molecule has 0 aliphatic carbocycles. The lowest BCUT2D eigenvalue weighted by atomic mass is 10.0. The topological polar surface area (TPSA) is 104 Å². The number of phenolic OH excluding ortho intramolecular Hbond substituents is 1. The zero-order valence-electron chi connectivity index (χ0n) is 20.5. The number of nitrogens with one attached hydrogen (secondary N) is 1. The van der Waals surface area contributed by atoms with Crippen LogP contribution in [0.3, 0.4) is 0 Å². The summed E-state index contributed by atoms with van der Waals surface area (Å²) in [5.74, 6) is -0.926. The summed E-state index contributed by atoms with van der Waals surface area (Å²) in [6, 6.07) is 23.2. The SMILES string of the molecule is Cc1c(NC(=O)c2cc(-c3ccccc3)nc3ccc(O)cc23)c(C(F)(F)F)nn1Cc1ccc(C#N)cc1. The maximum atomic E-state index is 14.0. The van der Waals surface area contributed by atoms with Crippen LogP contribution in [0.5, 0.6) is 5.75 Å². The molecule has 5 rings (SSSR count). The van der Waals surface area contributed by atoms with Gasteiger partial charge in [-0.2, -0.15) is 23.5 Å². The van der Waals surface area contributed by atoms with Gasteiger partial charge < -0.3 is 10.4 Å². The number of hydrogen-bond acceptors (Lipinski definition) is 5. The third kappa shape index (κ3) is 5.15. The van der Waals surface area contributed by atoms with Gasteiger partial charge in [-0.05, 0) is 48.9 Å². The van der Waals surface area contributed by atoms with E-state index in [1.807, 2.05) is 12.1 Å². The van der Waals surface area contributed by atoms with Gasteiger partial charge >= 0.3 is 6.18 Å². The van der Waals surface area contributed by atoms with Crippen molar-refractivity contribution in [1.29, 1.82) is 5.26 Å². The van der Waals surface area contributed by atoms with E-state index in [9.17, 15) is 23.1 Å². The van der Waals surface area contributed by atoms with E-state index >= 15 is 0 Å². The Morgan fingerprint density at radius 1 is 1.05 bits per heavy atom. The number of carbonyl (C=O) groups excluding carboxylic acids is 1. The van der Waals surface area contributed by atoms with Crippen molar-refractivity contribution in [3.63, 3.8) is 0 Å². The first-order chi connectivity index (χ1) is 18.6. The van der Waals surface area contributed by atoms with Crippen molar-refractivity contribution in [2.45, 2.75) is 19.6 Å². The van der Waals surface area contributed by atoms with Crippen LogP contribution in [0, 0.1) is 18.3 Å². The summed E-state index contributed by atoms with van der Waals surface area (Å²) in [5, 5.41) is 25.5. The Morgan fingerprint density at radius 2 is 1.77 bits per heavy atom. The number of aromatic nitrogens is 3. The molecule has 1 amide bonds. The normalized spacial score (nSPS) is 11.4. The second kappa shape index (κ2) is 9.95. The van der Waals surface area contributed by atoms with Gasteiger partial charge in [0.1, 0.15) is 5.75 Å². The van der Waals surface area contributed by atoms with Crippen LogP contribution in [-0.2, 0) is 12.7 Å². The standard InChI is InChI=1S/C29H20F3N5O2/c1-17-26(27(29(30,31)32)36-37(17)16-19-9-7-18(15-33)8-10-19)35-28(39)23-14-25(20-5-3-2-4-6-20)34-24-12-11-21(38)13-22(23)24/h2-14,38H,16H2,1H3,(H,35,39). The first-order valence-corrected chi connectivity index (χ1v) is 11.8. The average molecular weight is 528 g/mol. The molecule has 0 aliphatic rings. The summed E-state index contributed by atoms with van der Waals surface area (Å²) >= 11 is 0. The molecular weight excluding hydrogens is 507 g/mol. The maximum Gasteiger partial charge on any atom is 0.437 e. The Hall–Kier alpha value is -5.17. The summed E-state index contributed by atoms with van der Waals surface area (Å²) < 4.78 is 43.2. The number of halogens is 3. The van der Waals surface area contributed by atoms with Gasteiger partial charge in [-0.3, -0.25) is 9.48 Å². The molecule has 2 heterocycles. The van der Waals surface area contributed by atoms with E-state index in [1.54, 1.807) is 48.5 Å². The first-order valence-electron chi connectivity index (χ1n) is 11.8. The van der Waals surface area contributed by atoms with E-state index in [4.69, 9.17) is 5.26 Å². The molecule has 39 heavy (non-hydrogen) atoms. The molecule has 0 unspecified atom stereocenters. The highest BCUT2D eigenvalue weighted by Crippen LogP contribution is 2.37. The van der Waals surface area contributed by atoms with E-state index in [0.29, 0.717) is 27.9 Å². The third-order valence-electron chi connectivity index (χ3n) is 6.24. The van der Waals surface area contributed by atoms with Crippen LogP contribution in [0.15, 0.2) is 78.9 Å². The molecule has 5 aromatic rings. The first kappa shape index (κ1) is 25.5. The number of nitriles is 1. The van der Waals surface area contributed by atoms with Crippen LogP contribution in [0.1, 0.15) is 32.9 Å². The molecule has 0 bridgehead atoms. The monoisotopic (exact) mass is 527 g/mol. The summed E-state index contributed by atoms with van der Waals surface area (Å²) in [5.41, 5.74) is 1.06. The molecule has 0 radical (unpaired) electrons. The van der Waals surface area contributed by atoms with Crippen LogP contribution >= 0.6 is 0 Å². The van der Waals surface area contributed by atoms with Crippen molar-refractivity contribution in [1.82, 2.24) is 14.8 Å². The lowest BCUT2D eigenvalue weighted by Gasteiger charge is -2.13. The minimum absolute atomic E-state index is 0.000702. The molecule has 2 N–H and O–H groups in total. The molecule has 0 aliphatic heterocycles. The second-order valence-corrected chi connectivity index (χ2v) is 8.85. The Kier molecular flexibility index (Phi) is 6.50. The molecule has 0 saturated carbocycles. The Labute approximate surface area is 220 Å². The smallest absolute Gasteiger partial charge is 0.437 e. The minimum Gasteiger partial charge on any atom is -0.508 e. The second-order valence-electron chi connectivity index (χ2n) is 8.85. The third-order valence-corrected chi connectivity index (χ3v) is 6.24. The van der Waals surface area contributed by atoms with Gasteiger partial charge in [0.05, 0.1) is 46.3 Å². The largest absolute Gasteiger partial charge is 0.508 e. The maximum absolute atomic E-state index is 14.0. The predicted molar refractivity (Wildman–Crippen MR) is 139 cm³/mol. The molecule has 0 fully saturated rings. The number of alkyl halides is 3. The van der Waals surface area contributed by atoms with Crippen molar-refractivity contribution in [2.24, 2.45) is 0 Å². The summed E-state index contributed by atoms with van der Waals surface area (Å²) in [7, 11) is 0. The molecule has 2 aromatic heterocycles. The summed E-state index contributed by atoms with van der Waals surface area (Å²) in [4.78, 5) is 18.1. The van der Waals surface area contributed by atoms with Gasteiger partial charge in [-0.1, -0.05) is 42.5 Å². The number of carbonyl (C=O) groups is 1. The van der Waals surface area contributed by atoms with Crippen LogP contribution in [0.4, 0.5) is 18.9 Å². The Balaban J connectivity index is 1.57. The van der Waals surface area contributed by atoms with Crippen LogP contribution in [0.25, 0.3) is 22.2 Å². The molecule has 3 aromatic carbocycles. The molecule has 0 atom stereocenters. The average Bonchev–Trinajstić information content (AvgIpc) is 3.24. The van der Waals surface area contributed by atoms with Gasteiger partial charge in [0.15, 0.2) is 5.69 Å². The highest BCUT2D eigenvalue weighted by atomic mass is 19.4. The van der Waals surface area contributed by atoms with Crippen molar-refractivity contribution in [3.05, 3.63) is 107 Å². The van der Waals surface area contributed by atoms with Crippen molar-refractivity contribution in [3.8, 4) is 23.1 Å². The number of phenols is 1. The van der Waals surface area contributed by atoms with Gasteiger partial charge in [-0.15, -0.1) is 0 Å². The molecule has 194 valence electrons. The van der Waals surface area contributed by atoms with Gasteiger partial charge in [0, 0.05) is 10.9 Å². The van der Waals surface area contributed by atoms with Crippen molar-refractivity contribution < 1.29 is 23.1 Å². The van der Waals surface area contributed by atoms with Crippen LogP contribution in [0.2, 0.25) is 0 Å².